The number of amides is 1. The molecule has 0 aromatic heterocycles. The Bertz CT molecular complexity index is 956. The minimum Gasteiger partial charge on any atom is -0.478 e. The molecule has 0 aliphatic heterocycles. The first-order valence-corrected chi connectivity index (χ1v) is 7.81. The Morgan fingerprint density at radius 3 is 2.00 bits per heavy atom. The standard InChI is InChI=1S/C20H17N3O3/c1-20(2,3)15-6-4-12(5-7-15)18(24)23-17-9-14(11-22)13(10-21)8-16(17)19(25)26/h4-9H,1-3H3,(H,23,24)(H,25,26). The van der Waals surface area contributed by atoms with Crippen LogP contribution in [-0.2, 0) is 5.41 Å². The average Bonchev–Trinajstić information content (AvgIpc) is 2.60. The molecule has 0 heterocycles. The third-order valence-corrected chi connectivity index (χ3v) is 3.89. The molecule has 0 aliphatic carbocycles. The van der Waals surface area contributed by atoms with E-state index in [2.05, 4.69) is 26.1 Å². The Morgan fingerprint density at radius 2 is 1.54 bits per heavy atom. The van der Waals surface area contributed by atoms with Gasteiger partial charge in [0.2, 0.25) is 0 Å². The van der Waals surface area contributed by atoms with Crippen molar-refractivity contribution in [1.29, 1.82) is 10.5 Å². The summed E-state index contributed by atoms with van der Waals surface area (Å²) in [5.41, 5.74) is 1.02. The number of carbonyl (C=O) groups excluding carboxylic acids is 1. The molecule has 2 rings (SSSR count). The molecular formula is C20H17N3O3. The minimum absolute atomic E-state index is 0.00381. The first-order chi connectivity index (χ1) is 12.2. The lowest BCUT2D eigenvalue weighted by Crippen LogP contribution is -2.16. The summed E-state index contributed by atoms with van der Waals surface area (Å²) in [5, 5.41) is 29.9. The van der Waals surface area contributed by atoms with E-state index in [1.807, 2.05) is 18.2 Å². The fraction of sp³-hybridized carbons (Fsp3) is 0.200. The SMILES string of the molecule is CC(C)(C)c1ccc(C(=O)Nc2cc(C#N)c(C#N)cc2C(=O)O)cc1. The van der Waals surface area contributed by atoms with Crippen LogP contribution in [0.2, 0.25) is 0 Å². The normalized spacial score (nSPS) is 10.5. The number of rotatable bonds is 3. The average molecular weight is 347 g/mol. The van der Waals surface area contributed by atoms with E-state index in [1.54, 1.807) is 18.2 Å². The molecule has 2 aromatic carbocycles. The lowest BCUT2D eigenvalue weighted by Gasteiger charge is -2.19. The summed E-state index contributed by atoms with van der Waals surface area (Å²) in [4.78, 5) is 23.9. The van der Waals surface area contributed by atoms with Crippen molar-refractivity contribution < 1.29 is 14.7 Å². The summed E-state index contributed by atoms with van der Waals surface area (Å²) >= 11 is 0. The fourth-order valence-corrected chi connectivity index (χ4v) is 2.38. The van der Waals surface area contributed by atoms with Gasteiger partial charge in [-0.25, -0.2) is 4.79 Å². The Morgan fingerprint density at radius 1 is 1.00 bits per heavy atom. The van der Waals surface area contributed by atoms with Gasteiger partial charge in [-0.3, -0.25) is 4.79 Å². The summed E-state index contributed by atoms with van der Waals surface area (Å²) in [6.07, 6.45) is 0. The molecule has 0 atom stereocenters. The number of nitriles is 2. The zero-order valence-electron chi connectivity index (χ0n) is 14.6. The number of aromatic carboxylic acids is 1. The van der Waals surface area contributed by atoms with Crippen LogP contribution >= 0.6 is 0 Å². The summed E-state index contributed by atoms with van der Waals surface area (Å²) in [6, 6.07) is 12.9. The Kier molecular flexibility index (Phi) is 5.09. The molecule has 0 saturated carbocycles. The predicted octanol–water partition coefficient (Wildman–Crippen LogP) is 3.68. The van der Waals surface area contributed by atoms with Crippen molar-refractivity contribution in [3.05, 3.63) is 64.2 Å². The van der Waals surface area contributed by atoms with Crippen LogP contribution in [0, 0.1) is 22.7 Å². The van der Waals surface area contributed by atoms with Gasteiger partial charge in [-0.05, 0) is 35.2 Å². The molecule has 1 amide bonds. The van der Waals surface area contributed by atoms with Crippen LogP contribution in [0.3, 0.4) is 0 Å². The molecule has 130 valence electrons. The van der Waals surface area contributed by atoms with Crippen molar-refractivity contribution in [3.63, 3.8) is 0 Å². The molecule has 0 fully saturated rings. The van der Waals surface area contributed by atoms with Crippen LogP contribution in [0.15, 0.2) is 36.4 Å². The number of hydrogen-bond acceptors (Lipinski definition) is 4. The Labute approximate surface area is 151 Å². The molecular weight excluding hydrogens is 330 g/mol. The van der Waals surface area contributed by atoms with Gasteiger partial charge in [0.1, 0.15) is 12.1 Å². The molecule has 6 nitrogen and oxygen atoms in total. The summed E-state index contributed by atoms with van der Waals surface area (Å²) in [7, 11) is 0. The van der Waals surface area contributed by atoms with E-state index >= 15 is 0 Å². The van der Waals surface area contributed by atoms with Gasteiger partial charge in [0, 0.05) is 5.56 Å². The molecule has 2 aromatic rings. The third-order valence-electron chi connectivity index (χ3n) is 3.89. The largest absolute Gasteiger partial charge is 0.478 e. The minimum atomic E-state index is -1.30. The van der Waals surface area contributed by atoms with Crippen LogP contribution in [0.4, 0.5) is 5.69 Å². The number of carbonyl (C=O) groups is 2. The third kappa shape index (κ3) is 3.88. The quantitative estimate of drug-likeness (QED) is 0.879. The van der Waals surface area contributed by atoms with Crippen LogP contribution in [-0.4, -0.2) is 17.0 Å². The number of carboxylic acids is 1. The highest BCUT2D eigenvalue weighted by molar-refractivity contribution is 6.08. The topological polar surface area (TPSA) is 114 Å². The number of carboxylic acid groups (broad SMARTS) is 1. The second-order valence-corrected chi connectivity index (χ2v) is 6.75. The van der Waals surface area contributed by atoms with Gasteiger partial charge in [-0.1, -0.05) is 32.9 Å². The van der Waals surface area contributed by atoms with Gasteiger partial charge in [-0.15, -0.1) is 0 Å². The van der Waals surface area contributed by atoms with Crippen molar-refractivity contribution in [3.8, 4) is 12.1 Å². The maximum atomic E-state index is 12.5. The van der Waals surface area contributed by atoms with Crippen molar-refractivity contribution in [2.45, 2.75) is 26.2 Å². The van der Waals surface area contributed by atoms with E-state index in [0.717, 1.165) is 11.6 Å². The maximum Gasteiger partial charge on any atom is 0.337 e. The van der Waals surface area contributed by atoms with Crippen molar-refractivity contribution in [2.75, 3.05) is 5.32 Å². The number of nitrogens with one attached hydrogen (secondary N) is 1. The van der Waals surface area contributed by atoms with E-state index < -0.39 is 11.9 Å². The summed E-state index contributed by atoms with van der Waals surface area (Å²) in [6.45, 7) is 6.17. The van der Waals surface area contributed by atoms with E-state index in [1.165, 1.54) is 6.07 Å². The second-order valence-electron chi connectivity index (χ2n) is 6.75. The molecule has 0 unspecified atom stereocenters. The Balaban J connectivity index is 2.38. The van der Waals surface area contributed by atoms with Crippen molar-refractivity contribution >= 4 is 17.6 Å². The van der Waals surface area contributed by atoms with Gasteiger partial charge < -0.3 is 10.4 Å². The van der Waals surface area contributed by atoms with E-state index in [4.69, 9.17) is 10.5 Å². The molecule has 26 heavy (non-hydrogen) atoms. The van der Waals surface area contributed by atoms with Crippen LogP contribution in [0.1, 0.15) is 58.2 Å². The molecule has 0 saturated heterocycles. The van der Waals surface area contributed by atoms with Crippen molar-refractivity contribution in [1.82, 2.24) is 0 Å². The summed E-state index contributed by atoms with van der Waals surface area (Å²) in [5.74, 6) is -1.80. The monoisotopic (exact) mass is 347 g/mol. The van der Waals surface area contributed by atoms with Gasteiger partial charge in [0.25, 0.3) is 5.91 Å². The predicted molar refractivity (Wildman–Crippen MR) is 95.9 cm³/mol. The smallest absolute Gasteiger partial charge is 0.337 e. The van der Waals surface area contributed by atoms with Crippen LogP contribution in [0.5, 0.6) is 0 Å². The van der Waals surface area contributed by atoms with Gasteiger partial charge >= 0.3 is 5.97 Å². The van der Waals surface area contributed by atoms with E-state index in [0.29, 0.717) is 5.56 Å². The molecule has 0 spiro atoms. The summed E-state index contributed by atoms with van der Waals surface area (Å²) < 4.78 is 0. The molecule has 0 radical (unpaired) electrons. The lowest BCUT2D eigenvalue weighted by atomic mass is 9.86. The maximum absolute atomic E-state index is 12.5. The molecule has 6 heteroatoms. The van der Waals surface area contributed by atoms with Crippen molar-refractivity contribution in [2.24, 2.45) is 0 Å². The highest BCUT2D eigenvalue weighted by atomic mass is 16.4. The molecule has 2 N–H and O–H groups in total. The highest BCUT2D eigenvalue weighted by Crippen LogP contribution is 2.24. The van der Waals surface area contributed by atoms with Crippen LogP contribution in [0.25, 0.3) is 0 Å². The second kappa shape index (κ2) is 7.08. The van der Waals surface area contributed by atoms with Gasteiger partial charge in [-0.2, -0.15) is 10.5 Å². The van der Waals surface area contributed by atoms with Gasteiger partial charge in [0.05, 0.1) is 22.4 Å². The number of benzene rings is 2. The first-order valence-electron chi connectivity index (χ1n) is 7.81. The number of hydrogen-bond donors (Lipinski definition) is 2. The first kappa shape index (κ1) is 18.7. The highest BCUT2D eigenvalue weighted by Gasteiger charge is 2.18. The fourth-order valence-electron chi connectivity index (χ4n) is 2.38. The zero-order valence-corrected chi connectivity index (χ0v) is 14.6. The van der Waals surface area contributed by atoms with E-state index in [-0.39, 0.29) is 27.8 Å². The molecule has 0 bridgehead atoms. The van der Waals surface area contributed by atoms with E-state index in [9.17, 15) is 14.7 Å². The van der Waals surface area contributed by atoms with Gasteiger partial charge in [0.15, 0.2) is 0 Å². The number of anilines is 1. The lowest BCUT2D eigenvalue weighted by molar-refractivity contribution is 0.0698. The zero-order chi connectivity index (χ0) is 19.5. The Hall–Kier alpha value is -3.64. The molecule has 0 aliphatic rings. The van der Waals surface area contributed by atoms with Crippen LogP contribution < -0.4 is 5.32 Å². The number of nitrogens with zero attached hydrogens (tertiary/aromatic N) is 2.